The van der Waals surface area contributed by atoms with Gasteiger partial charge in [-0.05, 0) is 259 Å². The van der Waals surface area contributed by atoms with E-state index in [-0.39, 0.29) is 12.2 Å². The predicted octanol–water partition coefficient (Wildman–Crippen LogP) is 16.4. The summed E-state index contributed by atoms with van der Waals surface area (Å²) in [4.78, 5) is 11.2. The van der Waals surface area contributed by atoms with Gasteiger partial charge in [0.15, 0.2) is 49.9 Å². The fraction of sp³-hybridized carbons (Fsp3) is 1.00. The number of rotatable bonds is 36. The van der Waals surface area contributed by atoms with Gasteiger partial charge in [-0.2, -0.15) is 0 Å². The Kier molecular flexibility index (Phi) is 35.9. The Balaban J connectivity index is -0.00000115. The van der Waals surface area contributed by atoms with Crippen molar-refractivity contribution in [2.45, 2.75) is 312 Å². The van der Waals surface area contributed by atoms with Crippen LogP contribution in [0.3, 0.4) is 0 Å². The maximum absolute atomic E-state index is 11.2. The van der Waals surface area contributed by atoms with Crippen LogP contribution in [0.4, 0.5) is 0 Å². The molecule has 0 heterocycles. The van der Waals surface area contributed by atoms with Gasteiger partial charge in [-0.15, -0.1) is 0 Å². The second kappa shape index (κ2) is 32.9. The van der Waals surface area contributed by atoms with Crippen molar-refractivity contribution in [2.75, 3.05) is 0 Å². The average molecular weight is 1380 g/mol. The molecule has 0 aromatic carbocycles. The molecule has 0 aliphatic carbocycles. The van der Waals surface area contributed by atoms with Crippen molar-refractivity contribution in [3.8, 4) is 0 Å². The van der Waals surface area contributed by atoms with E-state index in [2.05, 4.69) is 239 Å². The van der Waals surface area contributed by atoms with E-state index in [1.807, 2.05) is 6.55 Å². The second-order valence-corrected chi connectivity index (χ2v) is 90.1. The highest BCUT2D eigenvalue weighted by atomic mass is 28.5. The highest BCUT2D eigenvalue weighted by Crippen LogP contribution is 2.33. The van der Waals surface area contributed by atoms with Crippen LogP contribution in [0.5, 0.6) is 0 Å². The first-order chi connectivity index (χ1) is 33.9. The van der Waals surface area contributed by atoms with Crippen molar-refractivity contribution < 1.29 is 58.9 Å². The molecule has 14 nitrogen and oxygen atoms in total. The minimum Gasteiger partial charge on any atom is -0.445 e. The second-order valence-electron chi connectivity index (χ2n) is 29.9. The first kappa shape index (κ1) is 85.1. The van der Waals surface area contributed by atoms with Crippen LogP contribution in [-0.2, 0) is 54.1 Å². The highest BCUT2D eigenvalue weighted by Gasteiger charge is 2.47. The van der Waals surface area contributed by atoms with Gasteiger partial charge in [0.05, 0.1) is 0 Å². The van der Waals surface area contributed by atoms with E-state index in [9.17, 15) is 4.80 Å². The average Bonchev–Trinajstić information content (AvgIpc) is 3.08. The van der Waals surface area contributed by atoms with Crippen molar-refractivity contribution >= 4 is 137 Å². The molecule has 0 radical (unpaired) electrons. The smallest absolute Gasteiger partial charge is 0.323 e. The molecular weight excluding hydrogens is 1250 g/mol. The van der Waals surface area contributed by atoms with Gasteiger partial charge in [-0.3, -0.25) is 0 Å². The van der Waals surface area contributed by atoms with Crippen LogP contribution >= 0.6 is 0 Å². The third kappa shape index (κ3) is 44.4. The van der Waals surface area contributed by atoms with Crippen LogP contribution in [0.15, 0.2) is 0 Å². The normalized spacial score (nSPS) is 15.7. The Morgan fingerprint density at radius 1 is 0.321 bits per heavy atom. The lowest BCUT2D eigenvalue weighted by Gasteiger charge is -2.42. The maximum Gasteiger partial charge on any atom is 0.323 e. The Morgan fingerprint density at radius 2 is 0.603 bits per heavy atom. The minimum absolute atomic E-state index is 0.187. The van der Waals surface area contributed by atoms with Gasteiger partial charge in [0.25, 0.3) is 0 Å². The molecule has 0 aliphatic heterocycles. The minimum atomic E-state index is -2.80. The van der Waals surface area contributed by atoms with Crippen molar-refractivity contribution in [1.29, 1.82) is 0 Å². The first-order valence-corrected chi connectivity index (χ1v) is 74.1. The summed E-state index contributed by atoms with van der Waals surface area (Å²) in [6, 6.07) is 6.15. The van der Waals surface area contributed by atoms with E-state index >= 15 is 0 Å². The van der Waals surface area contributed by atoms with E-state index in [0.717, 1.165) is 53.5 Å². The van der Waals surface area contributed by atoms with Crippen LogP contribution in [0.2, 0.25) is 232 Å². The zero-order valence-electron chi connectivity index (χ0n) is 58.6. The molecule has 30 heteroatoms. The summed E-state index contributed by atoms with van der Waals surface area (Å²) in [5.74, 6) is 0. The first-order valence-electron chi connectivity index (χ1n) is 29.6. The molecule has 0 saturated carbocycles. The third-order valence-corrected chi connectivity index (χ3v) is 71.4. The fourth-order valence-electron chi connectivity index (χ4n) is 10.1. The van der Waals surface area contributed by atoms with Crippen LogP contribution in [-0.4, -0.2) is 154 Å². The van der Waals surface area contributed by atoms with Gasteiger partial charge < -0.3 is 58.9 Å². The lowest BCUT2D eigenvalue weighted by molar-refractivity contribution is 0.177. The van der Waals surface area contributed by atoms with Gasteiger partial charge in [-0.25, -0.2) is 0 Å². The Morgan fingerprint density at radius 3 is 0.910 bits per heavy atom. The molecule has 1 atom stereocenters. The van der Waals surface area contributed by atoms with Crippen molar-refractivity contribution in [1.82, 2.24) is 0 Å². The largest absolute Gasteiger partial charge is 0.445 e. The topological polar surface area (TPSA) is 140 Å². The van der Waals surface area contributed by atoms with Gasteiger partial charge in [0.2, 0.25) is 0 Å². The molecule has 0 aromatic heterocycles. The van der Waals surface area contributed by atoms with E-state index in [1.165, 1.54) is 0 Å². The van der Waals surface area contributed by atoms with Crippen LogP contribution in [0.25, 0.3) is 0 Å². The molecule has 474 valence electrons. The van der Waals surface area contributed by atoms with Crippen LogP contribution in [0.1, 0.15) is 68.2 Å². The summed E-state index contributed by atoms with van der Waals surface area (Å²) in [5, 5.41) is 0. The lowest BCUT2D eigenvalue weighted by atomic mass is 10.5. The summed E-state index contributed by atoms with van der Waals surface area (Å²) < 4.78 is 82.7. The van der Waals surface area contributed by atoms with Gasteiger partial charge in [0, 0.05) is 12.2 Å². The summed E-state index contributed by atoms with van der Waals surface area (Å²) in [6.45, 7) is 80.5. The highest BCUT2D eigenvalue weighted by molar-refractivity contribution is 6.91. The zero-order valence-corrected chi connectivity index (χ0v) is 75.6. The van der Waals surface area contributed by atoms with Gasteiger partial charge in [0.1, 0.15) is 10.5 Å². The predicted molar refractivity (Wildman–Crippen MR) is 377 cm³/mol. The summed E-state index contributed by atoms with van der Waals surface area (Å²) in [7, 11) is -30.1. The van der Waals surface area contributed by atoms with E-state index in [0.29, 0.717) is 11.6 Å². The molecular formula is C48H134O14Si16. The van der Waals surface area contributed by atoms with Gasteiger partial charge >= 0.3 is 77.0 Å². The zero-order chi connectivity index (χ0) is 63.1. The molecule has 0 saturated heterocycles. The third-order valence-electron chi connectivity index (χ3n) is 12.4. The molecule has 0 bridgehead atoms. The van der Waals surface area contributed by atoms with Gasteiger partial charge in [-0.1, -0.05) is 40.5 Å². The van der Waals surface area contributed by atoms with Crippen molar-refractivity contribution in [3.63, 3.8) is 0 Å². The Hall–Kier alpha value is 2.91. The molecule has 1 unspecified atom stereocenters. The lowest BCUT2D eigenvalue weighted by Crippen LogP contribution is -2.57. The summed E-state index contributed by atoms with van der Waals surface area (Å²) in [5.41, 5.74) is 0.548. The number of hydrogen-bond donors (Lipinski definition) is 1. The number of hydrogen-bond acceptors (Lipinski definition) is 14. The molecule has 78 heavy (non-hydrogen) atoms. The molecule has 0 spiro atoms. The Bertz CT molecular complexity index is 1700. The van der Waals surface area contributed by atoms with E-state index < -0.39 is 127 Å². The summed E-state index contributed by atoms with van der Waals surface area (Å²) >= 11 is 0. The summed E-state index contributed by atoms with van der Waals surface area (Å²) in [6.07, 6.45) is 2.45. The molecule has 0 amide bonds. The molecule has 0 aliphatic rings. The van der Waals surface area contributed by atoms with E-state index in [4.69, 9.17) is 54.1 Å². The SMILES string of the molecule is CC(C)O[Si](C)(C)O[Si](C)(C)O[Si](C)(C)CC[Si](C)(C)O[Si](C)(C)O[SiH3].CCC[Si](C)(C)O[Si](C)(C)O[Si](C)(O)CCC[Si](C)(C)O[Si](C)(C)O[Si](C)(C)O[Si](C)(C)C(C)C.CC[Si](C)(C)O[Si](C)(C)O[Si](C)(C)OC(C)C. The fourth-order valence-corrected chi connectivity index (χ4v) is 78.5. The molecule has 0 aromatic rings. The van der Waals surface area contributed by atoms with Crippen molar-refractivity contribution in [2.24, 2.45) is 0 Å². The van der Waals surface area contributed by atoms with Crippen LogP contribution < -0.4 is 0 Å². The molecule has 0 fully saturated rings. The standard InChI is InChI=1S/C22H60O6Si7.C15H44O5Si6.C11H30O3Si3/c1-17-19-29(4,5)24-33(12,13)28-35(16,23)21-18-20-30(6,7)25-32(10,11)27-34(14,15)26-31(8,9)22(2)3;1-15(2)16-24(7,8)20-26(11,12)19-23(5,6)14-13-22(3,4)18-25(9,10)17-21;1-10-15(4,5)13-17(8,9)14-16(6,7)12-11(2)3/h22-23H,17-21H2,1-16H3;15H,13-14H2,1-12,21H3;11H,10H2,1-9H3. The molecule has 1 N–H and O–H groups in total. The van der Waals surface area contributed by atoms with E-state index in [1.54, 1.807) is 0 Å². The van der Waals surface area contributed by atoms with Crippen molar-refractivity contribution in [3.05, 3.63) is 0 Å². The monoisotopic (exact) mass is 1380 g/mol. The molecule has 0 rings (SSSR count). The quantitative estimate of drug-likeness (QED) is 0.0595. The maximum atomic E-state index is 11.2. The van der Waals surface area contributed by atoms with Crippen LogP contribution in [0, 0.1) is 0 Å². The Labute approximate surface area is 504 Å².